The number of aliphatic carboxylic acids is 1. The van der Waals surface area contributed by atoms with Crippen molar-refractivity contribution in [2.45, 2.75) is 23.1 Å². The number of nitrogens with one attached hydrogen (secondary N) is 1. The van der Waals surface area contributed by atoms with Crippen LogP contribution in [0.3, 0.4) is 0 Å². The summed E-state index contributed by atoms with van der Waals surface area (Å²) in [6.45, 7) is 0. The first kappa shape index (κ1) is 16.1. The number of carbonyl (C=O) groups excluding carboxylic acids is 1. The molecular weight excluding hydrogens is 306 g/mol. The van der Waals surface area contributed by atoms with Gasteiger partial charge in [0.1, 0.15) is 21.2 Å². The topological polar surface area (TPSA) is 150 Å². The Morgan fingerprint density at radius 3 is 2.60 bits per heavy atom. The molecule has 0 radical (unpaired) electrons. The number of carbonyl (C=O) groups is 2. The van der Waals surface area contributed by atoms with Crippen molar-refractivity contribution in [3.05, 3.63) is 17.0 Å². The molecule has 108 valence electrons. The van der Waals surface area contributed by atoms with Crippen molar-refractivity contribution in [1.82, 2.24) is 4.72 Å². The fourth-order valence-electron chi connectivity index (χ4n) is 1.29. The molecule has 0 saturated carbocycles. The van der Waals surface area contributed by atoms with Gasteiger partial charge in [0.25, 0.3) is 10.0 Å². The third-order valence-corrected chi connectivity index (χ3v) is 5.18. The summed E-state index contributed by atoms with van der Waals surface area (Å²) < 4.78 is 25.7. The average Bonchev–Trinajstić information content (AvgIpc) is 2.83. The number of nitrogens with zero attached hydrogens (tertiary/aromatic N) is 1. The second kappa shape index (κ2) is 6.47. The second-order valence-electron chi connectivity index (χ2n) is 3.75. The van der Waals surface area contributed by atoms with Crippen molar-refractivity contribution in [3.63, 3.8) is 0 Å². The molecule has 0 saturated heterocycles. The van der Waals surface area contributed by atoms with Gasteiger partial charge in [0.05, 0.1) is 0 Å². The Balaban J connectivity index is 2.89. The van der Waals surface area contributed by atoms with E-state index in [1.54, 1.807) is 6.07 Å². The van der Waals surface area contributed by atoms with Crippen LogP contribution in [0.15, 0.2) is 16.3 Å². The van der Waals surface area contributed by atoms with Crippen LogP contribution in [-0.4, -0.2) is 31.4 Å². The van der Waals surface area contributed by atoms with Gasteiger partial charge in [-0.3, -0.25) is 9.59 Å². The summed E-state index contributed by atoms with van der Waals surface area (Å²) in [7, 11) is -4.06. The molecule has 1 aromatic heterocycles. The van der Waals surface area contributed by atoms with Gasteiger partial charge in [-0.1, -0.05) is 0 Å². The van der Waals surface area contributed by atoms with Crippen molar-refractivity contribution in [3.8, 4) is 6.07 Å². The molecular formula is C10H11N3O5S2. The molecule has 1 rings (SSSR count). The lowest BCUT2D eigenvalue weighted by Gasteiger charge is -2.12. The van der Waals surface area contributed by atoms with Crippen LogP contribution >= 0.6 is 11.3 Å². The highest BCUT2D eigenvalue weighted by Crippen LogP contribution is 2.21. The standard InChI is InChI=1S/C10H11N3O5S2/c11-5-6-1-4-9(19-6)20(17,18)13-7(10(15)16)2-3-8(12)14/h1,4,7,13H,2-3H2,(H2,12,14)(H,15,16)/t7-/m1/s1. The zero-order chi connectivity index (χ0) is 15.3. The molecule has 1 amide bonds. The van der Waals surface area contributed by atoms with E-state index < -0.39 is 27.9 Å². The van der Waals surface area contributed by atoms with Gasteiger partial charge in [-0.05, 0) is 18.6 Å². The van der Waals surface area contributed by atoms with Crippen LogP contribution in [0.25, 0.3) is 0 Å². The molecule has 10 heteroatoms. The molecule has 0 aliphatic heterocycles. The Hall–Kier alpha value is -1.96. The smallest absolute Gasteiger partial charge is 0.321 e. The number of nitrogens with two attached hydrogens (primary N) is 1. The van der Waals surface area contributed by atoms with Crippen LogP contribution in [0.1, 0.15) is 17.7 Å². The number of primary amides is 1. The van der Waals surface area contributed by atoms with E-state index in [4.69, 9.17) is 16.1 Å². The fraction of sp³-hybridized carbons (Fsp3) is 0.300. The maximum absolute atomic E-state index is 11.9. The van der Waals surface area contributed by atoms with Gasteiger partial charge in [-0.25, -0.2) is 8.42 Å². The Morgan fingerprint density at radius 1 is 1.50 bits per heavy atom. The first-order valence-electron chi connectivity index (χ1n) is 5.29. The lowest BCUT2D eigenvalue weighted by Crippen LogP contribution is -2.41. The molecule has 20 heavy (non-hydrogen) atoms. The molecule has 1 aromatic rings. The summed E-state index contributed by atoms with van der Waals surface area (Å²) in [6.07, 6.45) is -0.506. The van der Waals surface area contributed by atoms with Crippen molar-refractivity contribution in [2.24, 2.45) is 5.73 Å². The van der Waals surface area contributed by atoms with E-state index in [2.05, 4.69) is 0 Å². The van der Waals surface area contributed by atoms with E-state index >= 15 is 0 Å². The number of rotatable bonds is 7. The van der Waals surface area contributed by atoms with Gasteiger partial charge in [0, 0.05) is 6.42 Å². The number of thiophene rings is 1. The Kier molecular flexibility index (Phi) is 5.20. The highest BCUT2D eigenvalue weighted by atomic mass is 32.2. The molecule has 4 N–H and O–H groups in total. The molecule has 0 unspecified atom stereocenters. The van der Waals surface area contributed by atoms with E-state index in [9.17, 15) is 18.0 Å². The normalized spacial score (nSPS) is 12.6. The van der Waals surface area contributed by atoms with E-state index in [1.165, 1.54) is 12.1 Å². The molecule has 8 nitrogen and oxygen atoms in total. The molecule has 1 atom stereocenters. The quantitative estimate of drug-likeness (QED) is 0.623. The van der Waals surface area contributed by atoms with Crippen LogP contribution in [0.5, 0.6) is 0 Å². The minimum Gasteiger partial charge on any atom is -0.480 e. The number of hydrogen-bond acceptors (Lipinski definition) is 6. The maximum Gasteiger partial charge on any atom is 0.321 e. The Morgan fingerprint density at radius 2 is 2.15 bits per heavy atom. The predicted molar refractivity (Wildman–Crippen MR) is 69.2 cm³/mol. The number of hydrogen-bond donors (Lipinski definition) is 3. The summed E-state index contributed by atoms with van der Waals surface area (Å²) in [5.41, 5.74) is 4.89. The van der Waals surface area contributed by atoms with Crippen LogP contribution in [0.2, 0.25) is 0 Å². The van der Waals surface area contributed by atoms with E-state index in [0.29, 0.717) is 0 Å². The molecule has 0 fully saturated rings. The van der Waals surface area contributed by atoms with Crippen LogP contribution in [0.4, 0.5) is 0 Å². The first-order valence-corrected chi connectivity index (χ1v) is 7.59. The number of nitriles is 1. The lowest BCUT2D eigenvalue weighted by atomic mass is 10.2. The van der Waals surface area contributed by atoms with Gasteiger partial charge in [0.15, 0.2) is 0 Å². The zero-order valence-corrected chi connectivity index (χ0v) is 11.7. The SMILES string of the molecule is N#Cc1ccc(S(=O)(=O)N[C@H](CCC(N)=O)C(=O)O)s1. The highest BCUT2D eigenvalue weighted by molar-refractivity contribution is 7.91. The predicted octanol–water partition coefficient (Wildman–Crippen LogP) is -0.383. The molecule has 0 aliphatic carbocycles. The molecule has 0 spiro atoms. The van der Waals surface area contributed by atoms with Crippen molar-refractivity contribution in [2.75, 3.05) is 0 Å². The summed E-state index contributed by atoms with van der Waals surface area (Å²) in [6, 6.07) is 2.85. The molecule has 0 aliphatic rings. The Bertz CT molecular complexity index is 659. The fourth-order valence-corrected chi connectivity index (χ4v) is 3.63. The maximum atomic E-state index is 11.9. The van der Waals surface area contributed by atoms with Gasteiger partial charge in [-0.2, -0.15) is 9.98 Å². The van der Waals surface area contributed by atoms with Crippen LogP contribution in [0, 0.1) is 11.3 Å². The Labute approximate surface area is 118 Å². The molecule has 0 aromatic carbocycles. The summed E-state index contributed by atoms with van der Waals surface area (Å²) in [4.78, 5) is 21.8. The molecule has 0 bridgehead atoms. The summed E-state index contributed by atoms with van der Waals surface area (Å²) >= 11 is 0.722. The van der Waals surface area contributed by atoms with Crippen molar-refractivity contribution in [1.29, 1.82) is 5.26 Å². The minimum absolute atomic E-state index is 0.167. The van der Waals surface area contributed by atoms with Crippen molar-refractivity contribution >= 4 is 33.2 Å². The molecule has 1 heterocycles. The van der Waals surface area contributed by atoms with E-state index in [1.807, 2.05) is 4.72 Å². The first-order chi connectivity index (χ1) is 9.26. The van der Waals surface area contributed by atoms with Gasteiger partial charge in [0.2, 0.25) is 5.91 Å². The van der Waals surface area contributed by atoms with E-state index in [-0.39, 0.29) is 21.9 Å². The zero-order valence-electron chi connectivity index (χ0n) is 10.1. The summed E-state index contributed by atoms with van der Waals surface area (Å²) in [5, 5.41) is 17.6. The van der Waals surface area contributed by atoms with Crippen LogP contribution < -0.4 is 10.5 Å². The highest BCUT2D eigenvalue weighted by Gasteiger charge is 2.26. The monoisotopic (exact) mass is 317 g/mol. The third kappa shape index (κ3) is 4.30. The number of carboxylic acids is 1. The lowest BCUT2D eigenvalue weighted by molar-refractivity contribution is -0.139. The number of amides is 1. The summed E-state index contributed by atoms with van der Waals surface area (Å²) in [5.74, 6) is -2.13. The van der Waals surface area contributed by atoms with E-state index in [0.717, 1.165) is 11.3 Å². The van der Waals surface area contributed by atoms with Gasteiger partial charge >= 0.3 is 5.97 Å². The minimum atomic E-state index is -4.06. The second-order valence-corrected chi connectivity index (χ2v) is 6.77. The van der Waals surface area contributed by atoms with Crippen molar-refractivity contribution < 1.29 is 23.1 Å². The largest absolute Gasteiger partial charge is 0.480 e. The van der Waals surface area contributed by atoms with Gasteiger partial charge in [-0.15, -0.1) is 11.3 Å². The third-order valence-electron chi connectivity index (χ3n) is 2.23. The number of carboxylic acid groups (broad SMARTS) is 1. The average molecular weight is 317 g/mol. The van der Waals surface area contributed by atoms with Gasteiger partial charge < -0.3 is 10.8 Å². The van der Waals surface area contributed by atoms with Crippen LogP contribution in [-0.2, 0) is 19.6 Å². The number of sulfonamides is 1.